The number of nitrogens with one attached hydrogen (secondary N) is 1. The van der Waals surface area contributed by atoms with Crippen molar-refractivity contribution in [1.82, 2.24) is 10.3 Å². The third kappa shape index (κ3) is 8.85. The van der Waals surface area contributed by atoms with Gasteiger partial charge in [0.05, 0.1) is 13.2 Å². The molecule has 4 unspecified atom stereocenters. The number of aromatic nitrogens is 1. The van der Waals surface area contributed by atoms with E-state index in [1.54, 1.807) is 0 Å². The molecule has 1 aromatic rings. The highest BCUT2D eigenvalue weighted by Crippen LogP contribution is 2.34. The van der Waals surface area contributed by atoms with Crippen LogP contribution in [0.2, 0.25) is 0 Å². The number of cyclic esters (lactones) is 1. The fourth-order valence-electron chi connectivity index (χ4n) is 4.66. The van der Waals surface area contributed by atoms with Gasteiger partial charge in [0.15, 0.2) is 17.2 Å². The second kappa shape index (κ2) is 14.3. The molecule has 1 saturated carbocycles. The van der Waals surface area contributed by atoms with Crippen LogP contribution in [-0.4, -0.2) is 61.6 Å². The molecule has 1 saturated heterocycles. The van der Waals surface area contributed by atoms with E-state index in [0.29, 0.717) is 24.9 Å². The Morgan fingerprint density at radius 1 is 1.21 bits per heavy atom. The summed E-state index contributed by atoms with van der Waals surface area (Å²) >= 11 is 0. The lowest BCUT2D eigenvalue weighted by molar-refractivity contribution is -0.161. The summed E-state index contributed by atoms with van der Waals surface area (Å²) in [6, 6.07) is 0.668. The number of rotatable bonds is 12. The van der Waals surface area contributed by atoms with Gasteiger partial charge >= 0.3 is 11.9 Å². The highest BCUT2D eigenvalue weighted by Gasteiger charge is 2.36. The lowest BCUT2D eigenvalue weighted by Crippen LogP contribution is -2.44. The molecule has 4 atom stereocenters. The first kappa shape index (κ1) is 29.7. The molecule has 1 N–H and O–H groups in total. The maximum Gasteiger partial charge on any atom is 0.329 e. The highest BCUT2D eigenvalue weighted by molar-refractivity contribution is 5.98. The number of esters is 2. The minimum absolute atomic E-state index is 0.0147. The van der Waals surface area contributed by atoms with Gasteiger partial charge in [-0.3, -0.25) is 9.59 Å². The number of hydrogen-bond donors (Lipinski definition) is 1. The van der Waals surface area contributed by atoms with Gasteiger partial charge in [0.2, 0.25) is 6.79 Å². The number of amides is 1. The smallest absolute Gasteiger partial charge is 0.329 e. The lowest BCUT2D eigenvalue weighted by atomic mass is 9.86. The van der Waals surface area contributed by atoms with Crippen molar-refractivity contribution in [3.05, 3.63) is 18.0 Å². The summed E-state index contributed by atoms with van der Waals surface area (Å²) in [6.45, 7) is 7.83. The Hall–Kier alpha value is -2.88. The first-order valence-corrected chi connectivity index (χ1v) is 13.6. The Morgan fingerprint density at radius 3 is 2.63 bits per heavy atom. The van der Waals surface area contributed by atoms with Crippen molar-refractivity contribution < 1.29 is 38.1 Å². The minimum atomic E-state index is -0.854. The Balaban J connectivity index is 1.73. The number of ether oxygens (including phenoxy) is 5. The molecule has 212 valence electrons. The van der Waals surface area contributed by atoms with Crippen molar-refractivity contribution in [2.45, 2.75) is 90.9 Å². The molecule has 2 fully saturated rings. The van der Waals surface area contributed by atoms with Crippen LogP contribution in [0.4, 0.5) is 0 Å². The molecule has 0 spiro atoms. The predicted molar refractivity (Wildman–Crippen MR) is 139 cm³/mol. The summed E-state index contributed by atoms with van der Waals surface area (Å²) in [7, 11) is 1.42. The molecule has 38 heavy (non-hydrogen) atoms. The van der Waals surface area contributed by atoms with Gasteiger partial charge in [0.25, 0.3) is 5.91 Å². The van der Waals surface area contributed by atoms with E-state index in [9.17, 15) is 14.4 Å². The van der Waals surface area contributed by atoms with Crippen LogP contribution in [0.15, 0.2) is 12.3 Å². The molecule has 10 heteroatoms. The zero-order chi connectivity index (χ0) is 27.7. The van der Waals surface area contributed by atoms with E-state index in [1.807, 2.05) is 6.92 Å². The van der Waals surface area contributed by atoms with Gasteiger partial charge in [-0.2, -0.15) is 0 Å². The molecular weight excluding hydrogens is 492 g/mol. The zero-order valence-electron chi connectivity index (χ0n) is 23.2. The molecular formula is C28H42N2O8. The van der Waals surface area contributed by atoms with Crippen molar-refractivity contribution in [3.63, 3.8) is 0 Å². The van der Waals surface area contributed by atoms with Gasteiger partial charge in [0, 0.05) is 25.8 Å². The van der Waals surface area contributed by atoms with Gasteiger partial charge < -0.3 is 29.0 Å². The van der Waals surface area contributed by atoms with Crippen LogP contribution < -0.4 is 14.8 Å². The summed E-state index contributed by atoms with van der Waals surface area (Å²) in [4.78, 5) is 41.7. The summed E-state index contributed by atoms with van der Waals surface area (Å²) in [5.41, 5.74) is -0.0855. The molecule has 0 radical (unpaired) electrons. The molecule has 2 heterocycles. The first-order chi connectivity index (χ1) is 18.2. The summed E-state index contributed by atoms with van der Waals surface area (Å²) in [5.74, 6) is 0.0592. The number of pyridine rings is 1. The van der Waals surface area contributed by atoms with Crippen molar-refractivity contribution in [2.24, 2.45) is 17.8 Å². The van der Waals surface area contributed by atoms with Crippen molar-refractivity contribution >= 4 is 17.8 Å². The fourth-order valence-corrected chi connectivity index (χ4v) is 4.66. The van der Waals surface area contributed by atoms with Gasteiger partial charge in [-0.15, -0.1) is 0 Å². The summed E-state index contributed by atoms with van der Waals surface area (Å²) in [6.07, 6.45) is 7.30. The third-order valence-electron chi connectivity index (χ3n) is 6.99. The van der Waals surface area contributed by atoms with Crippen molar-refractivity contribution in [2.75, 3.05) is 20.5 Å². The van der Waals surface area contributed by atoms with Crippen molar-refractivity contribution in [3.8, 4) is 11.5 Å². The standard InChI is InChI=1S/C28H42N2O8/c1-17(2)9-12-21-7-6-8-22(28(33)38-18(3)25(21)35-15-20-10-11-20)30-27(32)24-26(37-16-36-19(4)31)23(34-5)13-14-29-24/h13-14,17-18,20-22,25H,6-12,15-16H2,1-5H3,(H,30,32). The second-order valence-electron chi connectivity index (χ2n) is 10.7. The SMILES string of the molecule is COc1ccnc(C(=O)NC2CCCC(CCC(C)C)C(OCC3CC3)C(C)OC2=O)c1OCOC(C)=O. The van der Waals surface area contributed by atoms with Gasteiger partial charge in [0.1, 0.15) is 12.1 Å². The fraction of sp³-hybridized carbons (Fsp3) is 0.714. The number of hydrogen-bond acceptors (Lipinski definition) is 9. The van der Waals surface area contributed by atoms with E-state index >= 15 is 0 Å². The molecule has 0 bridgehead atoms. The number of nitrogens with zero attached hydrogens (tertiary/aromatic N) is 1. The van der Waals surface area contributed by atoms with Crippen LogP contribution >= 0.6 is 0 Å². The maximum atomic E-state index is 13.3. The molecule has 1 aromatic heterocycles. The van der Waals surface area contributed by atoms with Crippen LogP contribution in [0.5, 0.6) is 11.5 Å². The third-order valence-corrected chi connectivity index (χ3v) is 6.99. The Kier molecular flexibility index (Phi) is 11.2. The maximum absolute atomic E-state index is 13.3. The van der Waals surface area contributed by atoms with Crippen LogP contribution in [0.25, 0.3) is 0 Å². The van der Waals surface area contributed by atoms with Crippen LogP contribution in [0, 0.1) is 17.8 Å². The van der Waals surface area contributed by atoms with Crippen LogP contribution in [0.1, 0.15) is 83.1 Å². The normalized spacial score (nSPS) is 24.0. The molecule has 10 nitrogen and oxygen atoms in total. The van der Waals surface area contributed by atoms with E-state index in [2.05, 4.69) is 24.1 Å². The minimum Gasteiger partial charge on any atom is -0.493 e. The molecule has 0 aromatic carbocycles. The lowest BCUT2D eigenvalue weighted by Gasteiger charge is -2.31. The second-order valence-corrected chi connectivity index (χ2v) is 10.7. The number of carbonyl (C=O) groups excluding carboxylic acids is 3. The van der Waals surface area contributed by atoms with Crippen LogP contribution in [0.3, 0.4) is 0 Å². The average molecular weight is 535 g/mol. The molecule has 1 aliphatic carbocycles. The van der Waals surface area contributed by atoms with E-state index in [-0.39, 0.29) is 29.2 Å². The van der Waals surface area contributed by atoms with E-state index < -0.39 is 36.8 Å². The monoisotopic (exact) mass is 534 g/mol. The zero-order valence-corrected chi connectivity index (χ0v) is 23.2. The molecule has 3 rings (SSSR count). The summed E-state index contributed by atoms with van der Waals surface area (Å²) < 4.78 is 27.8. The predicted octanol–water partition coefficient (Wildman–Crippen LogP) is 4.05. The molecule has 1 amide bonds. The van der Waals surface area contributed by atoms with Gasteiger partial charge in [-0.05, 0) is 56.8 Å². The van der Waals surface area contributed by atoms with E-state index in [1.165, 1.54) is 39.1 Å². The van der Waals surface area contributed by atoms with Gasteiger partial charge in [-0.1, -0.05) is 26.7 Å². The van der Waals surface area contributed by atoms with E-state index in [4.69, 9.17) is 23.7 Å². The highest BCUT2D eigenvalue weighted by atomic mass is 16.7. The average Bonchev–Trinajstić information content (AvgIpc) is 3.69. The van der Waals surface area contributed by atoms with Crippen LogP contribution in [-0.2, 0) is 23.8 Å². The largest absolute Gasteiger partial charge is 0.493 e. The number of carbonyl (C=O) groups is 3. The first-order valence-electron chi connectivity index (χ1n) is 13.6. The summed E-state index contributed by atoms with van der Waals surface area (Å²) in [5, 5.41) is 2.77. The quantitative estimate of drug-likeness (QED) is 0.312. The Morgan fingerprint density at radius 2 is 1.97 bits per heavy atom. The van der Waals surface area contributed by atoms with Crippen molar-refractivity contribution in [1.29, 1.82) is 0 Å². The van der Waals surface area contributed by atoms with E-state index in [0.717, 1.165) is 25.7 Å². The Bertz CT molecular complexity index is 949. The topological polar surface area (TPSA) is 122 Å². The number of methoxy groups -OCH3 is 1. The van der Waals surface area contributed by atoms with Gasteiger partial charge in [-0.25, -0.2) is 9.78 Å². The molecule has 2 aliphatic rings. The Labute approximate surface area is 225 Å². The molecule has 1 aliphatic heterocycles.